The predicted molar refractivity (Wildman–Crippen MR) is 129 cm³/mol. The molecule has 0 saturated heterocycles. The molecule has 11 nitrogen and oxygen atoms in total. The van der Waals surface area contributed by atoms with E-state index in [1.54, 1.807) is 13.3 Å². The number of phenolic OH excluding ortho intramolecular Hbond substituents is 1. The van der Waals surface area contributed by atoms with E-state index >= 15 is 0 Å². The van der Waals surface area contributed by atoms with Crippen LogP contribution < -0.4 is 10.6 Å². The van der Waals surface area contributed by atoms with Crippen molar-refractivity contribution in [3.8, 4) is 5.75 Å². The zero-order chi connectivity index (χ0) is 24.2. The Morgan fingerprint density at radius 3 is 2.71 bits per heavy atom. The average molecular weight is 470 g/mol. The monoisotopic (exact) mass is 469 g/mol. The van der Waals surface area contributed by atoms with Gasteiger partial charge in [0.2, 0.25) is 5.95 Å². The molecule has 1 fully saturated rings. The van der Waals surface area contributed by atoms with Crippen molar-refractivity contribution in [2.45, 2.75) is 77.1 Å². The van der Waals surface area contributed by atoms with Gasteiger partial charge >= 0.3 is 0 Å². The molecule has 0 radical (unpaired) electrons. The van der Waals surface area contributed by atoms with Crippen LogP contribution in [0.3, 0.4) is 0 Å². The summed E-state index contributed by atoms with van der Waals surface area (Å²) in [6.45, 7) is 3.80. The van der Waals surface area contributed by atoms with Crippen molar-refractivity contribution in [3.05, 3.63) is 40.2 Å². The summed E-state index contributed by atoms with van der Waals surface area (Å²) >= 11 is 0. The predicted octanol–water partition coefficient (Wildman–Crippen LogP) is 4.13. The lowest BCUT2D eigenvalue weighted by molar-refractivity contribution is -0.384. The average Bonchev–Trinajstić information content (AvgIpc) is 3.26. The van der Waals surface area contributed by atoms with Crippen LogP contribution in [0.25, 0.3) is 11.2 Å². The fraction of sp³-hybridized carbons (Fsp3) is 0.522. The minimum atomic E-state index is -0.592. The highest BCUT2D eigenvalue weighted by Crippen LogP contribution is 2.32. The number of aromatic hydroxyl groups is 1. The molecule has 0 bridgehead atoms. The fourth-order valence-corrected chi connectivity index (χ4v) is 4.47. The summed E-state index contributed by atoms with van der Waals surface area (Å²) in [4.78, 5) is 24.6. The molecule has 4 rings (SSSR count). The molecule has 1 aliphatic carbocycles. The summed E-state index contributed by atoms with van der Waals surface area (Å²) in [7, 11) is 0. The van der Waals surface area contributed by atoms with Crippen LogP contribution in [-0.2, 0) is 6.54 Å². The van der Waals surface area contributed by atoms with E-state index in [4.69, 9.17) is 4.98 Å². The number of phenols is 1. The zero-order valence-electron chi connectivity index (χ0n) is 19.4. The van der Waals surface area contributed by atoms with Crippen molar-refractivity contribution in [1.82, 2.24) is 19.5 Å². The molecule has 1 saturated carbocycles. The second kappa shape index (κ2) is 10.2. The minimum Gasteiger partial charge on any atom is -0.508 e. The summed E-state index contributed by atoms with van der Waals surface area (Å²) in [5.74, 6) is 0.770. The molecule has 182 valence electrons. The Morgan fingerprint density at radius 2 is 2.03 bits per heavy atom. The molecule has 0 aliphatic heterocycles. The number of aromatic nitrogens is 4. The molecule has 0 spiro atoms. The Kier molecular flexibility index (Phi) is 7.11. The number of aliphatic hydroxyl groups is 1. The third-order valence-electron chi connectivity index (χ3n) is 6.45. The molecule has 2 heterocycles. The van der Waals surface area contributed by atoms with E-state index in [2.05, 4.69) is 25.2 Å². The summed E-state index contributed by atoms with van der Waals surface area (Å²) in [6.07, 6.45) is 7.58. The van der Waals surface area contributed by atoms with Crippen LogP contribution in [0.1, 0.15) is 64.0 Å². The number of hydrogen-bond acceptors (Lipinski definition) is 9. The first-order chi connectivity index (χ1) is 16.4. The van der Waals surface area contributed by atoms with E-state index in [1.807, 2.05) is 6.92 Å². The van der Waals surface area contributed by atoms with Crippen LogP contribution in [-0.4, -0.2) is 46.8 Å². The van der Waals surface area contributed by atoms with Gasteiger partial charge in [0.25, 0.3) is 5.69 Å². The van der Waals surface area contributed by atoms with Crippen LogP contribution in [0.5, 0.6) is 5.75 Å². The molecule has 3 aromatic rings. The van der Waals surface area contributed by atoms with Crippen molar-refractivity contribution in [3.63, 3.8) is 0 Å². The SMILES string of the molecule is CCC(Nc1nc(NCc2cc([N+](=O)[O-])ccc2O)c2ncn(C3CCCCC3)c2n1)C(C)O. The van der Waals surface area contributed by atoms with Gasteiger partial charge in [-0.1, -0.05) is 26.2 Å². The molecule has 34 heavy (non-hydrogen) atoms. The maximum Gasteiger partial charge on any atom is 0.270 e. The smallest absolute Gasteiger partial charge is 0.270 e. The van der Waals surface area contributed by atoms with E-state index < -0.39 is 11.0 Å². The molecule has 11 heteroatoms. The lowest BCUT2D eigenvalue weighted by atomic mass is 9.95. The van der Waals surface area contributed by atoms with Gasteiger partial charge in [-0.15, -0.1) is 0 Å². The molecule has 2 unspecified atom stereocenters. The molecule has 2 aromatic heterocycles. The number of imidazole rings is 1. The van der Waals surface area contributed by atoms with Gasteiger partial charge in [-0.2, -0.15) is 9.97 Å². The second-order valence-corrected chi connectivity index (χ2v) is 8.84. The van der Waals surface area contributed by atoms with E-state index in [0.717, 1.165) is 25.7 Å². The normalized spacial score (nSPS) is 16.3. The zero-order valence-corrected chi connectivity index (χ0v) is 19.4. The second-order valence-electron chi connectivity index (χ2n) is 8.84. The first-order valence-corrected chi connectivity index (χ1v) is 11.8. The van der Waals surface area contributed by atoms with Crippen LogP contribution in [0.4, 0.5) is 17.5 Å². The maximum absolute atomic E-state index is 11.1. The Morgan fingerprint density at radius 1 is 1.26 bits per heavy atom. The highest BCUT2D eigenvalue weighted by Gasteiger charge is 2.22. The van der Waals surface area contributed by atoms with Crippen LogP contribution in [0, 0.1) is 10.1 Å². The molecule has 1 aromatic carbocycles. The Labute approximate surface area is 197 Å². The van der Waals surface area contributed by atoms with Gasteiger partial charge in [-0.25, -0.2) is 4.98 Å². The van der Waals surface area contributed by atoms with Crippen molar-refractivity contribution < 1.29 is 15.1 Å². The molecule has 1 aliphatic rings. The molecule has 4 N–H and O–H groups in total. The Balaban J connectivity index is 1.70. The van der Waals surface area contributed by atoms with Gasteiger partial charge < -0.3 is 25.4 Å². The van der Waals surface area contributed by atoms with Crippen molar-refractivity contribution in [1.29, 1.82) is 0 Å². The number of nitrogens with one attached hydrogen (secondary N) is 2. The molecular formula is C23H31N7O4. The van der Waals surface area contributed by atoms with Crippen molar-refractivity contribution in [2.24, 2.45) is 0 Å². The first-order valence-electron chi connectivity index (χ1n) is 11.8. The third kappa shape index (κ3) is 5.04. The number of nitro groups is 1. The molecule has 0 amide bonds. The number of benzene rings is 1. The van der Waals surface area contributed by atoms with Gasteiger partial charge in [0.05, 0.1) is 23.4 Å². The number of rotatable bonds is 9. The summed E-state index contributed by atoms with van der Waals surface area (Å²) in [6, 6.07) is 3.99. The topological polar surface area (TPSA) is 151 Å². The fourth-order valence-electron chi connectivity index (χ4n) is 4.47. The van der Waals surface area contributed by atoms with E-state index in [1.165, 1.54) is 24.6 Å². The number of nitrogens with zero attached hydrogens (tertiary/aromatic N) is 5. The van der Waals surface area contributed by atoms with Crippen molar-refractivity contribution >= 4 is 28.6 Å². The standard InChI is InChI=1S/C23H31N7O4/c1-3-18(14(2)31)26-23-27-21(24-12-15-11-17(30(33)34)9-10-19(15)32)20-22(28-23)29(13-25-20)16-7-5-4-6-8-16/h9-11,13-14,16,18,31-32H,3-8,12H2,1-2H3,(H2,24,26,27,28). The van der Waals surface area contributed by atoms with E-state index in [0.29, 0.717) is 41.0 Å². The van der Waals surface area contributed by atoms with Gasteiger partial charge in [-0.3, -0.25) is 10.1 Å². The lowest BCUT2D eigenvalue weighted by Gasteiger charge is -2.24. The number of hydrogen-bond donors (Lipinski definition) is 4. The highest BCUT2D eigenvalue weighted by molar-refractivity contribution is 5.84. The van der Waals surface area contributed by atoms with Crippen LogP contribution in [0.2, 0.25) is 0 Å². The summed E-state index contributed by atoms with van der Waals surface area (Å²) in [5.41, 5.74) is 1.55. The summed E-state index contributed by atoms with van der Waals surface area (Å²) < 4.78 is 2.10. The molecule has 2 atom stereocenters. The number of aliphatic hydroxyl groups excluding tert-OH is 1. The third-order valence-corrected chi connectivity index (χ3v) is 6.45. The first kappa shape index (κ1) is 23.7. The lowest BCUT2D eigenvalue weighted by Crippen LogP contribution is -2.31. The van der Waals surface area contributed by atoms with E-state index in [-0.39, 0.29) is 24.0 Å². The number of fused-ring (bicyclic) bond motifs is 1. The molecular weight excluding hydrogens is 438 g/mol. The van der Waals surface area contributed by atoms with Gasteiger partial charge in [0.15, 0.2) is 17.0 Å². The highest BCUT2D eigenvalue weighted by atomic mass is 16.6. The number of non-ortho nitro benzene ring substituents is 1. The minimum absolute atomic E-state index is 0.0466. The number of nitro benzene ring substituents is 1. The Hall–Kier alpha value is -3.47. The largest absolute Gasteiger partial charge is 0.508 e. The Bertz CT molecular complexity index is 1160. The van der Waals surface area contributed by atoms with Crippen molar-refractivity contribution in [2.75, 3.05) is 10.6 Å². The number of anilines is 2. The van der Waals surface area contributed by atoms with E-state index in [9.17, 15) is 20.3 Å². The maximum atomic E-state index is 11.1. The van der Waals surface area contributed by atoms with Gasteiger partial charge in [-0.05, 0) is 32.3 Å². The summed E-state index contributed by atoms with van der Waals surface area (Å²) in [5, 5.41) is 37.8. The van der Waals surface area contributed by atoms with Crippen LogP contribution in [0.15, 0.2) is 24.5 Å². The van der Waals surface area contributed by atoms with Crippen LogP contribution >= 0.6 is 0 Å². The van der Waals surface area contributed by atoms with Gasteiger partial charge in [0.1, 0.15) is 5.75 Å². The van der Waals surface area contributed by atoms with Gasteiger partial charge in [0, 0.05) is 30.3 Å². The quantitative estimate of drug-likeness (QED) is 0.268.